The first-order valence-corrected chi connectivity index (χ1v) is 8.84. The molecule has 1 aromatic heterocycles. The highest BCUT2D eigenvalue weighted by molar-refractivity contribution is 7.89. The summed E-state index contributed by atoms with van der Waals surface area (Å²) in [6.07, 6.45) is 1.97. The smallest absolute Gasteiger partial charge is 0.243 e. The second-order valence-corrected chi connectivity index (χ2v) is 7.52. The number of sulfonamides is 1. The number of benzene rings is 2. The monoisotopic (exact) mass is 329 g/mol. The zero-order chi connectivity index (χ0) is 15.9. The molecule has 0 saturated carbocycles. The highest BCUT2D eigenvalue weighted by Gasteiger charge is 2.35. The van der Waals surface area contributed by atoms with Gasteiger partial charge in [0.25, 0.3) is 0 Å². The van der Waals surface area contributed by atoms with Crippen LogP contribution in [0.2, 0.25) is 0 Å². The minimum atomic E-state index is -3.54. The summed E-state index contributed by atoms with van der Waals surface area (Å²) >= 11 is 0. The minimum absolute atomic E-state index is 0.0153. The van der Waals surface area contributed by atoms with Gasteiger partial charge in [-0.15, -0.1) is 0 Å². The number of rotatable bonds is 3. The van der Waals surface area contributed by atoms with Crippen LogP contribution in [0.4, 0.5) is 0 Å². The molecular weight excluding hydrogens is 314 g/mol. The van der Waals surface area contributed by atoms with Crippen LogP contribution in [-0.4, -0.2) is 36.0 Å². The van der Waals surface area contributed by atoms with E-state index in [0.29, 0.717) is 30.2 Å². The SMILES string of the molecule is O=S(=O)(c1cccc2ccccc12)N1CCC(c2ncon2)C1. The summed E-state index contributed by atoms with van der Waals surface area (Å²) in [5.74, 6) is 0.555. The molecule has 0 radical (unpaired) electrons. The van der Waals surface area contributed by atoms with Gasteiger partial charge in [0.15, 0.2) is 5.82 Å². The Kier molecular flexibility index (Phi) is 3.39. The maximum absolute atomic E-state index is 13.0. The fourth-order valence-electron chi connectivity index (χ4n) is 3.08. The van der Waals surface area contributed by atoms with Gasteiger partial charge in [0.05, 0.1) is 4.90 Å². The summed E-state index contributed by atoms with van der Waals surface area (Å²) in [7, 11) is -3.54. The van der Waals surface area contributed by atoms with Crippen LogP contribution >= 0.6 is 0 Å². The number of nitrogens with zero attached hydrogens (tertiary/aromatic N) is 3. The van der Waals surface area contributed by atoms with Crippen molar-refractivity contribution < 1.29 is 12.9 Å². The van der Waals surface area contributed by atoms with Gasteiger partial charge in [0.1, 0.15) is 0 Å². The lowest BCUT2D eigenvalue weighted by Gasteiger charge is -2.17. The predicted molar refractivity (Wildman–Crippen MR) is 84.4 cm³/mol. The molecule has 2 heterocycles. The van der Waals surface area contributed by atoms with E-state index in [4.69, 9.17) is 4.52 Å². The van der Waals surface area contributed by atoms with Crippen LogP contribution in [0, 0.1) is 0 Å². The molecule has 118 valence electrons. The first kappa shape index (κ1) is 14.3. The molecular formula is C16H15N3O3S. The lowest BCUT2D eigenvalue weighted by Crippen LogP contribution is -2.29. The Morgan fingerprint density at radius 1 is 1.13 bits per heavy atom. The third-order valence-electron chi connectivity index (χ3n) is 4.26. The van der Waals surface area contributed by atoms with Crippen molar-refractivity contribution in [3.05, 3.63) is 54.7 Å². The van der Waals surface area contributed by atoms with E-state index in [-0.39, 0.29) is 5.92 Å². The molecule has 23 heavy (non-hydrogen) atoms. The van der Waals surface area contributed by atoms with Crippen molar-refractivity contribution in [3.63, 3.8) is 0 Å². The van der Waals surface area contributed by atoms with Crippen molar-refractivity contribution in [1.82, 2.24) is 14.4 Å². The standard InChI is InChI=1S/C16H15N3O3S/c20-23(21,15-7-3-5-12-4-1-2-6-14(12)15)19-9-8-13(10-19)16-17-11-22-18-16/h1-7,11,13H,8-10H2. The Hall–Kier alpha value is -2.25. The number of fused-ring (bicyclic) bond motifs is 1. The van der Waals surface area contributed by atoms with E-state index in [1.54, 1.807) is 12.1 Å². The van der Waals surface area contributed by atoms with Gasteiger partial charge in [-0.3, -0.25) is 0 Å². The van der Waals surface area contributed by atoms with Crippen molar-refractivity contribution >= 4 is 20.8 Å². The molecule has 0 N–H and O–H groups in total. The Bertz CT molecular complexity index is 933. The van der Waals surface area contributed by atoms with Gasteiger partial charge in [0, 0.05) is 24.4 Å². The van der Waals surface area contributed by atoms with E-state index in [2.05, 4.69) is 10.1 Å². The van der Waals surface area contributed by atoms with E-state index in [1.807, 2.05) is 30.3 Å². The van der Waals surface area contributed by atoms with Crippen LogP contribution in [-0.2, 0) is 10.0 Å². The number of hydrogen-bond donors (Lipinski definition) is 0. The van der Waals surface area contributed by atoms with Gasteiger partial charge in [-0.1, -0.05) is 41.6 Å². The predicted octanol–water partition coefficient (Wildman–Crippen LogP) is 2.40. The lowest BCUT2D eigenvalue weighted by molar-refractivity contribution is 0.403. The molecule has 1 unspecified atom stereocenters. The summed E-state index contributed by atoms with van der Waals surface area (Å²) in [6, 6.07) is 12.9. The van der Waals surface area contributed by atoms with E-state index in [1.165, 1.54) is 10.7 Å². The van der Waals surface area contributed by atoms with Crippen LogP contribution in [0.1, 0.15) is 18.2 Å². The Balaban J connectivity index is 1.70. The quantitative estimate of drug-likeness (QED) is 0.737. The zero-order valence-corrected chi connectivity index (χ0v) is 13.1. The van der Waals surface area contributed by atoms with Gasteiger partial charge >= 0.3 is 0 Å². The minimum Gasteiger partial charge on any atom is -0.343 e. The molecule has 1 aliphatic rings. The van der Waals surface area contributed by atoms with Gasteiger partial charge in [-0.05, 0) is 17.9 Å². The lowest BCUT2D eigenvalue weighted by atomic mass is 10.1. The molecule has 1 atom stereocenters. The molecule has 6 nitrogen and oxygen atoms in total. The van der Waals surface area contributed by atoms with Crippen LogP contribution in [0.15, 0.2) is 58.3 Å². The number of hydrogen-bond acceptors (Lipinski definition) is 5. The molecule has 4 rings (SSSR count). The molecule has 7 heteroatoms. The van der Waals surface area contributed by atoms with E-state index < -0.39 is 10.0 Å². The molecule has 1 fully saturated rings. The van der Waals surface area contributed by atoms with Crippen molar-refractivity contribution in [2.45, 2.75) is 17.2 Å². The second-order valence-electron chi connectivity index (χ2n) is 5.62. The van der Waals surface area contributed by atoms with Crippen LogP contribution in [0.5, 0.6) is 0 Å². The fraction of sp³-hybridized carbons (Fsp3) is 0.250. The zero-order valence-electron chi connectivity index (χ0n) is 12.3. The molecule has 0 amide bonds. The van der Waals surface area contributed by atoms with Crippen LogP contribution < -0.4 is 0 Å². The van der Waals surface area contributed by atoms with Gasteiger partial charge in [0.2, 0.25) is 16.4 Å². The summed E-state index contributed by atoms with van der Waals surface area (Å²) in [5, 5.41) is 5.50. The molecule has 0 aliphatic carbocycles. The average Bonchev–Trinajstić information content (AvgIpc) is 3.25. The van der Waals surface area contributed by atoms with Gasteiger partial charge in [-0.25, -0.2) is 8.42 Å². The summed E-state index contributed by atoms with van der Waals surface area (Å²) < 4.78 is 32.3. The summed E-state index contributed by atoms with van der Waals surface area (Å²) in [4.78, 5) is 4.39. The number of aromatic nitrogens is 2. The third-order valence-corrected chi connectivity index (χ3v) is 6.19. The Morgan fingerprint density at radius 3 is 2.78 bits per heavy atom. The van der Waals surface area contributed by atoms with E-state index in [0.717, 1.165) is 10.8 Å². The normalized spacial score (nSPS) is 19.4. The first-order valence-electron chi connectivity index (χ1n) is 7.40. The van der Waals surface area contributed by atoms with Gasteiger partial charge < -0.3 is 4.52 Å². The van der Waals surface area contributed by atoms with Crippen molar-refractivity contribution in [3.8, 4) is 0 Å². The molecule has 2 aromatic carbocycles. The Morgan fingerprint density at radius 2 is 1.96 bits per heavy atom. The molecule has 1 saturated heterocycles. The Labute approximate surface area is 133 Å². The van der Waals surface area contributed by atoms with Crippen LogP contribution in [0.3, 0.4) is 0 Å². The van der Waals surface area contributed by atoms with Crippen molar-refractivity contribution in [2.75, 3.05) is 13.1 Å². The summed E-state index contributed by atoms with van der Waals surface area (Å²) in [5.41, 5.74) is 0. The second kappa shape index (κ2) is 5.43. The third kappa shape index (κ3) is 2.42. The fourth-order valence-corrected chi connectivity index (χ4v) is 4.79. The summed E-state index contributed by atoms with van der Waals surface area (Å²) in [6.45, 7) is 0.843. The highest BCUT2D eigenvalue weighted by Crippen LogP contribution is 2.32. The maximum atomic E-state index is 13.0. The van der Waals surface area contributed by atoms with E-state index in [9.17, 15) is 8.42 Å². The topological polar surface area (TPSA) is 76.3 Å². The molecule has 3 aromatic rings. The molecule has 1 aliphatic heterocycles. The van der Waals surface area contributed by atoms with Crippen molar-refractivity contribution in [1.29, 1.82) is 0 Å². The molecule has 0 spiro atoms. The average molecular weight is 329 g/mol. The van der Waals surface area contributed by atoms with Crippen molar-refractivity contribution in [2.24, 2.45) is 0 Å². The maximum Gasteiger partial charge on any atom is 0.243 e. The van der Waals surface area contributed by atoms with Crippen LogP contribution in [0.25, 0.3) is 10.8 Å². The first-order chi connectivity index (χ1) is 11.2. The highest BCUT2D eigenvalue weighted by atomic mass is 32.2. The largest absolute Gasteiger partial charge is 0.343 e. The van der Waals surface area contributed by atoms with Gasteiger partial charge in [-0.2, -0.15) is 9.29 Å². The van der Waals surface area contributed by atoms with E-state index >= 15 is 0 Å². The molecule has 0 bridgehead atoms.